The van der Waals surface area contributed by atoms with Crippen LogP contribution in [0.3, 0.4) is 0 Å². The molecule has 1 aromatic carbocycles. The molecular formula is C12H10F2N4O2. The lowest BCUT2D eigenvalue weighted by Crippen LogP contribution is -2.05. The van der Waals surface area contributed by atoms with Gasteiger partial charge in [-0.15, -0.1) is 0 Å². The maximum Gasteiger partial charge on any atom is 0.313 e. The number of anilines is 1. The van der Waals surface area contributed by atoms with Crippen LogP contribution in [0.4, 0.5) is 20.4 Å². The third-order valence-corrected chi connectivity index (χ3v) is 2.48. The van der Waals surface area contributed by atoms with Crippen LogP contribution in [-0.2, 0) is 0 Å². The fraction of sp³-hybridized carbons (Fsp3) is 0.167. The Bertz CT molecular complexity index is 664. The molecule has 6 nitrogen and oxygen atoms in total. The summed E-state index contributed by atoms with van der Waals surface area (Å²) in [6.07, 6.45) is 0.963. The molecule has 0 radical (unpaired) electrons. The molecule has 0 saturated heterocycles. The van der Waals surface area contributed by atoms with Gasteiger partial charge in [0.1, 0.15) is 17.8 Å². The first-order chi connectivity index (χ1) is 9.52. The lowest BCUT2D eigenvalue weighted by atomic mass is 10.1. The van der Waals surface area contributed by atoms with Crippen LogP contribution >= 0.6 is 0 Å². The lowest BCUT2D eigenvalue weighted by molar-refractivity contribution is -0.384. The van der Waals surface area contributed by atoms with E-state index in [1.807, 2.05) is 0 Å². The minimum absolute atomic E-state index is 0.108. The average Bonchev–Trinajstić information content (AvgIpc) is 2.41. The minimum Gasteiger partial charge on any atom is -0.354 e. The van der Waals surface area contributed by atoms with E-state index in [0.29, 0.717) is 6.54 Å². The normalized spacial score (nSPS) is 10.3. The number of benzene rings is 1. The van der Waals surface area contributed by atoms with E-state index in [9.17, 15) is 18.9 Å². The van der Waals surface area contributed by atoms with Crippen molar-refractivity contribution in [2.45, 2.75) is 6.92 Å². The van der Waals surface area contributed by atoms with Crippen LogP contribution in [0.2, 0.25) is 0 Å². The lowest BCUT2D eigenvalue weighted by Gasteiger charge is -2.06. The van der Waals surface area contributed by atoms with Crippen molar-refractivity contribution in [3.8, 4) is 11.3 Å². The zero-order chi connectivity index (χ0) is 14.7. The number of halogens is 2. The Balaban J connectivity index is 2.65. The molecule has 1 heterocycles. The molecule has 2 aromatic rings. The second-order valence-electron chi connectivity index (χ2n) is 3.84. The van der Waals surface area contributed by atoms with Crippen LogP contribution < -0.4 is 5.32 Å². The van der Waals surface area contributed by atoms with Crippen LogP contribution in [-0.4, -0.2) is 21.4 Å². The smallest absolute Gasteiger partial charge is 0.313 e. The second kappa shape index (κ2) is 5.55. The van der Waals surface area contributed by atoms with E-state index in [1.165, 1.54) is 0 Å². The average molecular weight is 280 g/mol. The van der Waals surface area contributed by atoms with Crippen molar-refractivity contribution in [1.82, 2.24) is 9.97 Å². The summed E-state index contributed by atoms with van der Waals surface area (Å²) in [5.74, 6) is -1.40. The number of nitro groups is 1. The van der Waals surface area contributed by atoms with Crippen LogP contribution in [0.15, 0.2) is 24.4 Å². The van der Waals surface area contributed by atoms with Gasteiger partial charge in [-0.05, 0) is 25.1 Å². The third-order valence-electron chi connectivity index (χ3n) is 2.48. The Hall–Kier alpha value is -2.64. The van der Waals surface area contributed by atoms with Gasteiger partial charge in [0.15, 0.2) is 5.69 Å². The van der Waals surface area contributed by atoms with Gasteiger partial charge in [-0.2, -0.15) is 0 Å². The number of nitrogens with one attached hydrogen (secondary N) is 1. The molecule has 0 aliphatic rings. The standard InChI is InChI=1S/C12H10F2N4O2/c1-2-15-12-16-6-10(18(19)20)11(17-12)8-5-7(13)3-4-9(8)14/h3-6H,2H2,1H3,(H,15,16,17). The Morgan fingerprint density at radius 3 is 2.80 bits per heavy atom. The molecule has 1 N–H and O–H groups in total. The van der Waals surface area contributed by atoms with Gasteiger partial charge in [-0.3, -0.25) is 10.1 Å². The summed E-state index contributed by atoms with van der Waals surface area (Å²) in [7, 11) is 0. The van der Waals surface area contributed by atoms with E-state index >= 15 is 0 Å². The summed E-state index contributed by atoms with van der Waals surface area (Å²) in [6, 6.07) is 2.68. The van der Waals surface area contributed by atoms with Gasteiger partial charge in [0, 0.05) is 12.1 Å². The highest BCUT2D eigenvalue weighted by Gasteiger charge is 2.22. The van der Waals surface area contributed by atoms with Gasteiger partial charge in [-0.1, -0.05) is 0 Å². The summed E-state index contributed by atoms with van der Waals surface area (Å²) in [6.45, 7) is 2.27. The molecular weight excluding hydrogens is 270 g/mol. The topological polar surface area (TPSA) is 81.0 Å². The van der Waals surface area contributed by atoms with E-state index in [1.54, 1.807) is 6.92 Å². The molecule has 0 aliphatic heterocycles. The molecule has 104 valence electrons. The fourth-order valence-corrected chi connectivity index (χ4v) is 1.63. The first-order valence-corrected chi connectivity index (χ1v) is 5.73. The summed E-state index contributed by atoms with van der Waals surface area (Å²) >= 11 is 0. The molecule has 2 rings (SSSR count). The quantitative estimate of drug-likeness (QED) is 0.688. The molecule has 0 spiro atoms. The van der Waals surface area contributed by atoms with Gasteiger partial charge in [-0.25, -0.2) is 18.7 Å². The van der Waals surface area contributed by atoms with Crippen molar-refractivity contribution in [3.05, 3.63) is 46.1 Å². The molecule has 0 bridgehead atoms. The van der Waals surface area contributed by atoms with Gasteiger partial charge < -0.3 is 5.32 Å². The zero-order valence-electron chi connectivity index (χ0n) is 10.4. The first-order valence-electron chi connectivity index (χ1n) is 5.73. The SMILES string of the molecule is CCNc1ncc([N+](=O)[O-])c(-c2cc(F)ccc2F)n1. The van der Waals surface area contributed by atoms with E-state index in [2.05, 4.69) is 15.3 Å². The van der Waals surface area contributed by atoms with Crippen molar-refractivity contribution >= 4 is 11.6 Å². The predicted octanol–water partition coefficient (Wildman–Crippen LogP) is 2.76. The van der Waals surface area contributed by atoms with E-state index in [0.717, 1.165) is 24.4 Å². The van der Waals surface area contributed by atoms with Crippen LogP contribution in [0, 0.1) is 21.7 Å². The van der Waals surface area contributed by atoms with E-state index < -0.39 is 22.2 Å². The number of aromatic nitrogens is 2. The highest BCUT2D eigenvalue weighted by atomic mass is 19.1. The van der Waals surface area contributed by atoms with Gasteiger partial charge >= 0.3 is 5.69 Å². The molecule has 8 heteroatoms. The Kier molecular flexibility index (Phi) is 3.83. The summed E-state index contributed by atoms with van der Waals surface area (Å²) in [4.78, 5) is 17.8. The minimum atomic E-state index is -0.796. The van der Waals surface area contributed by atoms with Crippen LogP contribution in [0.5, 0.6) is 0 Å². The number of hydrogen-bond acceptors (Lipinski definition) is 5. The van der Waals surface area contributed by atoms with Gasteiger partial charge in [0.2, 0.25) is 5.95 Å². The number of nitrogens with zero attached hydrogens (tertiary/aromatic N) is 3. The number of hydrogen-bond donors (Lipinski definition) is 1. The largest absolute Gasteiger partial charge is 0.354 e. The summed E-state index contributed by atoms with van der Waals surface area (Å²) in [5, 5.41) is 13.7. The monoisotopic (exact) mass is 280 g/mol. The molecule has 0 amide bonds. The third kappa shape index (κ3) is 2.68. The maximum atomic E-state index is 13.7. The molecule has 0 saturated carbocycles. The van der Waals surface area contributed by atoms with Crippen molar-refractivity contribution in [2.75, 3.05) is 11.9 Å². The van der Waals surface area contributed by atoms with Crippen molar-refractivity contribution in [3.63, 3.8) is 0 Å². The van der Waals surface area contributed by atoms with Gasteiger partial charge in [0.05, 0.1) is 4.92 Å². The molecule has 0 unspecified atom stereocenters. The molecule has 0 atom stereocenters. The highest BCUT2D eigenvalue weighted by Crippen LogP contribution is 2.30. The second-order valence-corrected chi connectivity index (χ2v) is 3.84. The first kappa shape index (κ1) is 13.8. The zero-order valence-corrected chi connectivity index (χ0v) is 10.4. The van der Waals surface area contributed by atoms with Crippen molar-refractivity contribution < 1.29 is 13.7 Å². The molecule has 0 aliphatic carbocycles. The molecule has 1 aromatic heterocycles. The predicted molar refractivity (Wildman–Crippen MR) is 68.2 cm³/mol. The number of rotatable bonds is 4. The van der Waals surface area contributed by atoms with Crippen LogP contribution in [0.25, 0.3) is 11.3 Å². The summed E-state index contributed by atoms with van der Waals surface area (Å²) in [5.41, 5.74) is -1.03. The van der Waals surface area contributed by atoms with E-state index in [-0.39, 0.29) is 17.2 Å². The fourth-order valence-electron chi connectivity index (χ4n) is 1.63. The Labute approximate surface area is 112 Å². The van der Waals surface area contributed by atoms with Crippen LogP contribution in [0.1, 0.15) is 6.92 Å². The van der Waals surface area contributed by atoms with Crippen molar-refractivity contribution in [1.29, 1.82) is 0 Å². The Morgan fingerprint density at radius 1 is 1.40 bits per heavy atom. The van der Waals surface area contributed by atoms with Gasteiger partial charge in [0.25, 0.3) is 0 Å². The highest BCUT2D eigenvalue weighted by molar-refractivity contribution is 5.70. The summed E-state index contributed by atoms with van der Waals surface area (Å²) < 4.78 is 27.0. The van der Waals surface area contributed by atoms with E-state index in [4.69, 9.17) is 0 Å². The van der Waals surface area contributed by atoms with Crippen molar-refractivity contribution in [2.24, 2.45) is 0 Å². The Morgan fingerprint density at radius 2 is 2.15 bits per heavy atom. The molecule has 20 heavy (non-hydrogen) atoms. The molecule has 0 fully saturated rings. The maximum absolute atomic E-state index is 13.7.